The van der Waals surface area contributed by atoms with Crippen molar-refractivity contribution in [3.05, 3.63) is 0 Å². The molecule has 0 saturated carbocycles. The Hall–Kier alpha value is 1.98. The topological polar surface area (TPSA) is 17.1 Å². The molecule has 0 aliphatic heterocycles. The van der Waals surface area contributed by atoms with E-state index in [0.717, 1.165) is 0 Å². The molecule has 0 N–H and O–H groups in total. The van der Waals surface area contributed by atoms with E-state index in [4.69, 9.17) is 3.83 Å². The van der Waals surface area contributed by atoms with Gasteiger partial charge < -0.3 is 0 Å². The van der Waals surface area contributed by atoms with Crippen molar-refractivity contribution in [1.29, 1.82) is 0 Å². The predicted octanol–water partition coefficient (Wildman–Crippen LogP) is -0.129. The number of rotatable bonds is 0. The van der Waals surface area contributed by atoms with Crippen LogP contribution < -0.4 is 0 Å². The van der Waals surface area contributed by atoms with Crippen LogP contribution in [0.2, 0.25) is 0 Å². The van der Waals surface area contributed by atoms with E-state index in [-0.39, 0.29) is 53.6 Å². The molecule has 0 heterocycles. The van der Waals surface area contributed by atoms with Crippen LogP contribution in [0.3, 0.4) is 0 Å². The summed E-state index contributed by atoms with van der Waals surface area (Å²) in [6.07, 6.45) is 0. The maximum atomic E-state index is 8.00. The van der Waals surface area contributed by atoms with Crippen molar-refractivity contribution in [2.75, 3.05) is 0 Å². The summed E-state index contributed by atoms with van der Waals surface area (Å²) in [5.74, 6) is 0. The van der Waals surface area contributed by atoms with Crippen LogP contribution >= 0.6 is 0 Å². The van der Waals surface area contributed by atoms with Crippen molar-refractivity contribution in [1.82, 2.24) is 0 Å². The fraction of sp³-hybridized carbons (Fsp3) is 0. The van der Waals surface area contributed by atoms with E-state index in [9.17, 15) is 0 Å². The zero-order chi connectivity index (χ0) is 2.00. The maximum absolute atomic E-state index is 8.00. The number of hydrogen-bond acceptors (Lipinski definition) is 1. The van der Waals surface area contributed by atoms with Gasteiger partial charge in [-0.1, -0.05) is 0 Å². The number of hydrogen-bond donors (Lipinski definition) is 0. The maximum Gasteiger partial charge on any atom is 0 e. The zero-order valence-electron chi connectivity index (χ0n) is 2.21. The average Bonchev–Trinajstić information content (AvgIpc) is 1.00. The molecular formula is CoCrFeOZn. The summed E-state index contributed by atoms with van der Waals surface area (Å²) in [6, 6.07) is 0. The van der Waals surface area contributed by atoms with Crippen LogP contribution in [0.4, 0.5) is 0 Å². The third-order valence-corrected chi connectivity index (χ3v) is 0. The van der Waals surface area contributed by atoms with Gasteiger partial charge in [0.25, 0.3) is 0 Å². The Kier molecular flexibility index (Phi) is 212. The van der Waals surface area contributed by atoms with E-state index in [1.165, 1.54) is 0 Å². The molecule has 5 heteroatoms. The van der Waals surface area contributed by atoms with Gasteiger partial charge in [-0.05, 0) is 0 Å². The van der Waals surface area contributed by atoms with Gasteiger partial charge in [0.15, 0.2) is 0 Å². The Morgan fingerprint density at radius 1 is 1.20 bits per heavy atom. The molecule has 0 aromatic rings. The van der Waals surface area contributed by atoms with E-state index in [1.54, 1.807) is 0 Å². The summed E-state index contributed by atoms with van der Waals surface area (Å²) in [7, 11) is 0. The molecule has 0 fully saturated rings. The van der Waals surface area contributed by atoms with Crippen molar-refractivity contribution in [3.8, 4) is 0 Å². The van der Waals surface area contributed by atoms with Gasteiger partial charge >= 0.3 is 19.8 Å². The second kappa shape index (κ2) is 37.8. The molecule has 5 heavy (non-hydrogen) atoms. The molecule has 0 aliphatic carbocycles. The molecule has 0 aliphatic rings. The minimum Gasteiger partial charge on any atom is 0 e. The van der Waals surface area contributed by atoms with E-state index in [0.29, 0.717) is 0 Å². The summed E-state index contributed by atoms with van der Waals surface area (Å²) in [6.45, 7) is 0. The first-order valence-corrected chi connectivity index (χ1v) is 0.595. The van der Waals surface area contributed by atoms with Crippen LogP contribution in [0.15, 0.2) is 0 Å². The van der Waals surface area contributed by atoms with Gasteiger partial charge in [-0.15, -0.1) is 0 Å². The SMILES string of the molecule is [Co].[Cr].[O]=[Fe].[Zn]. The minimum atomic E-state index is 0. The molecule has 0 rings (SSSR count). The Morgan fingerprint density at radius 2 is 1.20 bits per heavy atom. The summed E-state index contributed by atoms with van der Waals surface area (Å²) in [4.78, 5) is 0. The summed E-state index contributed by atoms with van der Waals surface area (Å²) < 4.78 is 8.00. The molecule has 0 saturated heterocycles. The van der Waals surface area contributed by atoms with Crippen molar-refractivity contribution in [2.45, 2.75) is 0 Å². The Bertz CT molecular complexity index is 11.6. The second-order valence-electron chi connectivity index (χ2n) is 0. The smallest absolute Gasteiger partial charge is 0 e. The monoisotopic (exact) mass is 247 g/mol. The van der Waals surface area contributed by atoms with Gasteiger partial charge in [0.05, 0.1) is 0 Å². The molecule has 31 valence electrons. The molecule has 0 aromatic carbocycles. The van der Waals surface area contributed by atoms with Gasteiger partial charge in [-0.3, -0.25) is 0 Å². The van der Waals surface area contributed by atoms with E-state index < -0.39 is 0 Å². The van der Waals surface area contributed by atoms with Crippen LogP contribution in [0.25, 0.3) is 0 Å². The van der Waals surface area contributed by atoms with Crippen LogP contribution in [0, 0.1) is 0 Å². The summed E-state index contributed by atoms with van der Waals surface area (Å²) in [5.41, 5.74) is 0. The molecule has 0 aromatic heterocycles. The fourth-order valence-corrected chi connectivity index (χ4v) is 0. The second-order valence-corrected chi connectivity index (χ2v) is 0. The predicted molar refractivity (Wildman–Crippen MR) is 0.686 cm³/mol. The first-order chi connectivity index (χ1) is 1.00. The quantitative estimate of drug-likeness (QED) is 0.546. The zero-order valence-corrected chi connectivity index (χ0v) is 8.60. The normalized spacial score (nSPS) is 1.00. The van der Waals surface area contributed by atoms with Crippen molar-refractivity contribution >= 4 is 0 Å². The Morgan fingerprint density at radius 3 is 1.20 bits per heavy atom. The van der Waals surface area contributed by atoms with E-state index in [2.05, 4.69) is 0 Å². The molecule has 0 spiro atoms. The van der Waals surface area contributed by atoms with Gasteiger partial charge in [-0.25, -0.2) is 0 Å². The third-order valence-electron chi connectivity index (χ3n) is 0. The molecule has 1 radical (unpaired) electrons. The molecule has 0 bridgehead atoms. The van der Waals surface area contributed by atoms with Gasteiger partial charge in [0.2, 0.25) is 0 Å². The molecule has 0 amide bonds. The standard InChI is InChI=1S/Co.Cr.Fe.O.Zn. The Labute approximate surface area is 72.8 Å². The molecule has 0 unspecified atom stereocenters. The molecular weight excluding hydrogens is 248 g/mol. The van der Waals surface area contributed by atoms with Crippen molar-refractivity contribution in [2.24, 2.45) is 0 Å². The summed E-state index contributed by atoms with van der Waals surface area (Å²) in [5, 5.41) is 0. The average molecular weight is 248 g/mol. The first kappa shape index (κ1) is 28.1. The van der Waals surface area contributed by atoms with Crippen LogP contribution in [-0.2, 0) is 73.4 Å². The van der Waals surface area contributed by atoms with Crippen LogP contribution in [-0.4, -0.2) is 0 Å². The van der Waals surface area contributed by atoms with Gasteiger partial charge in [0.1, 0.15) is 0 Å². The molecule has 0 atom stereocenters. The van der Waals surface area contributed by atoms with Gasteiger partial charge in [-0.2, -0.15) is 0 Å². The minimum absolute atomic E-state index is 0. The fourth-order valence-electron chi connectivity index (χ4n) is 0. The largest absolute Gasteiger partial charge is 0 e. The van der Waals surface area contributed by atoms with E-state index in [1.807, 2.05) is 15.9 Å². The Balaban J connectivity index is -0.00000000167. The van der Waals surface area contributed by atoms with Crippen LogP contribution in [0.1, 0.15) is 0 Å². The van der Waals surface area contributed by atoms with Crippen molar-refractivity contribution < 1.29 is 73.4 Å². The summed E-state index contributed by atoms with van der Waals surface area (Å²) >= 11 is 2.00. The van der Waals surface area contributed by atoms with E-state index >= 15 is 0 Å². The van der Waals surface area contributed by atoms with Gasteiger partial charge in [0, 0.05) is 53.6 Å². The third kappa shape index (κ3) is 24.1. The van der Waals surface area contributed by atoms with Crippen LogP contribution in [0.5, 0.6) is 0 Å². The molecule has 1 nitrogen and oxygen atoms in total. The first-order valence-electron chi connectivity index (χ1n) is 0.144. The van der Waals surface area contributed by atoms with Crippen molar-refractivity contribution in [3.63, 3.8) is 0 Å².